The number of aliphatic hydroxyl groups is 1. The highest BCUT2D eigenvalue weighted by Crippen LogP contribution is 2.19. The molecule has 124 valence electrons. The van der Waals surface area contributed by atoms with Gasteiger partial charge in [-0.1, -0.05) is 38.3 Å². The Labute approximate surface area is 139 Å². The fraction of sp³-hybridized carbons (Fsp3) is 0.467. The Hall–Kier alpha value is -1.99. The molecule has 0 aliphatic rings. The van der Waals surface area contributed by atoms with E-state index < -0.39 is 6.10 Å². The van der Waals surface area contributed by atoms with Crippen LogP contribution in [0.3, 0.4) is 0 Å². The predicted molar refractivity (Wildman–Crippen MR) is 86.6 cm³/mol. The normalized spacial score (nSPS) is 12.4. The molecule has 0 aliphatic heterocycles. The largest absolute Gasteiger partial charge is 0.391 e. The summed E-state index contributed by atoms with van der Waals surface area (Å²) in [5, 5.41) is 24.2. The summed E-state index contributed by atoms with van der Waals surface area (Å²) in [7, 11) is 0. The van der Waals surface area contributed by atoms with E-state index in [1.54, 1.807) is 18.2 Å². The molecule has 2 aromatic rings. The van der Waals surface area contributed by atoms with Gasteiger partial charge in [0.1, 0.15) is 6.33 Å². The summed E-state index contributed by atoms with van der Waals surface area (Å²) in [5.41, 5.74) is 0.871. The minimum Gasteiger partial charge on any atom is -0.391 e. The summed E-state index contributed by atoms with van der Waals surface area (Å²) in [4.78, 5) is 12.5. The van der Waals surface area contributed by atoms with Gasteiger partial charge >= 0.3 is 0 Å². The first-order valence-electron chi connectivity index (χ1n) is 7.56. The van der Waals surface area contributed by atoms with Crippen LogP contribution >= 0.6 is 11.6 Å². The smallest absolute Gasteiger partial charge is 0.253 e. The Morgan fingerprint density at radius 3 is 2.74 bits per heavy atom. The number of aliphatic hydroxyl groups excluding tert-OH is 1. The van der Waals surface area contributed by atoms with E-state index in [0.717, 1.165) is 12.8 Å². The molecule has 0 saturated carbocycles. The standard InChI is InChI=1S/C15H20ClN5O2/c1-3-10(4-2)14(22)8-17-15(23)12-7-11(16)5-6-13(12)21-9-18-19-20-21/h5-7,9-10,14,22H,3-4,8H2,1-2H3,(H,17,23). The minimum atomic E-state index is -0.579. The third-order valence-corrected chi connectivity index (χ3v) is 4.10. The van der Waals surface area contributed by atoms with Gasteiger partial charge in [-0.25, -0.2) is 0 Å². The van der Waals surface area contributed by atoms with E-state index in [9.17, 15) is 9.90 Å². The van der Waals surface area contributed by atoms with Crippen molar-refractivity contribution in [2.24, 2.45) is 5.92 Å². The summed E-state index contributed by atoms with van der Waals surface area (Å²) < 4.78 is 1.39. The Morgan fingerprint density at radius 2 is 2.13 bits per heavy atom. The Morgan fingerprint density at radius 1 is 1.39 bits per heavy atom. The molecule has 2 rings (SSSR count). The number of nitrogens with one attached hydrogen (secondary N) is 1. The first-order valence-corrected chi connectivity index (χ1v) is 7.93. The van der Waals surface area contributed by atoms with E-state index in [2.05, 4.69) is 20.8 Å². The quantitative estimate of drug-likeness (QED) is 0.804. The second-order valence-corrected chi connectivity index (χ2v) is 5.71. The number of hydrogen-bond donors (Lipinski definition) is 2. The van der Waals surface area contributed by atoms with Crippen LogP contribution in [0.25, 0.3) is 5.69 Å². The van der Waals surface area contributed by atoms with E-state index in [-0.39, 0.29) is 18.4 Å². The number of carbonyl (C=O) groups is 1. The van der Waals surface area contributed by atoms with Gasteiger partial charge in [0.15, 0.2) is 0 Å². The first-order chi connectivity index (χ1) is 11.1. The van der Waals surface area contributed by atoms with Gasteiger partial charge in [0.2, 0.25) is 0 Å². The summed E-state index contributed by atoms with van der Waals surface area (Å²) >= 11 is 5.99. The fourth-order valence-electron chi connectivity index (χ4n) is 2.45. The molecule has 7 nitrogen and oxygen atoms in total. The average molecular weight is 338 g/mol. The second-order valence-electron chi connectivity index (χ2n) is 5.27. The Balaban J connectivity index is 2.15. The molecule has 0 bridgehead atoms. The van der Waals surface area contributed by atoms with E-state index in [1.165, 1.54) is 11.0 Å². The van der Waals surface area contributed by atoms with E-state index in [0.29, 0.717) is 16.3 Å². The summed E-state index contributed by atoms with van der Waals surface area (Å²) in [5.74, 6) is -0.170. The van der Waals surface area contributed by atoms with Crippen LogP contribution in [-0.4, -0.2) is 43.9 Å². The second kappa shape index (κ2) is 8.03. The molecule has 23 heavy (non-hydrogen) atoms. The van der Waals surface area contributed by atoms with E-state index >= 15 is 0 Å². The zero-order chi connectivity index (χ0) is 16.8. The molecular weight excluding hydrogens is 318 g/mol. The lowest BCUT2D eigenvalue weighted by atomic mass is 9.96. The summed E-state index contributed by atoms with van der Waals surface area (Å²) in [6.45, 7) is 4.23. The van der Waals surface area contributed by atoms with Crippen LogP contribution in [0.2, 0.25) is 5.02 Å². The number of halogens is 1. The molecule has 2 N–H and O–H groups in total. The van der Waals surface area contributed by atoms with Crippen molar-refractivity contribution in [2.75, 3.05) is 6.54 Å². The molecule has 1 amide bonds. The first kappa shape index (κ1) is 17.4. The maximum absolute atomic E-state index is 12.5. The molecular formula is C15H20ClN5O2. The van der Waals surface area contributed by atoms with Gasteiger partial charge < -0.3 is 10.4 Å². The molecule has 0 fully saturated rings. The molecule has 0 aliphatic carbocycles. The number of amides is 1. The lowest BCUT2D eigenvalue weighted by molar-refractivity contribution is 0.0816. The van der Waals surface area contributed by atoms with Gasteiger partial charge in [-0.3, -0.25) is 4.79 Å². The zero-order valence-electron chi connectivity index (χ0n) is 13.1. The van der Waals surface area contributed by atoms with Gasteiger partial charge in [0.05, 0.1) is 17.4 Å². The highest BCUT2D eigenvalue weighted by atomic mass is 35.5. The molecule has 8 heteroatoms. The van der Waals surface area contributed by atoms with E-state index in [1.807, 2.05) is 13.8 Å². The van der Waals surface area contributed by atoms with Crippen molar-refractivity contribution in [3.8, 4) is 5.69 Å². The molecule has 0 saturated heterocycles. The maximum Gasteiger partial charge on any atom is 0.253 e. The van der Waals surface area contributed by atoms with Crippen LogP contribution in [0.4, 0.5) is 0 Å². The van der Waals surface area contributed by atoms with Gasteiger partial charge in [-0.05, 0) is 34.5 Å². The van der Waals surface area contributed by atoms with Crippen molar-refractivity contribution in [3.05, 3.63) is 35.1 Å². The number of carbonyl (C=O) groups excluding carboxylic acids is 1. The third-order valence-electron chi connectivity index (χ3n) is 3.86. The number of tetrazole rings is 1. The number of benzene rings is 1. The molecule has 1 aromatic carbocycles. The highest BCUT2D eigenvalue weighted by molar-refractivity contribution is 6.31. The fourth-order valence-corrected chi connectivity index (χ4v) is 2.63. The monoisotopic (exact) mass is 337 g/mol. The topological polar surface area (TPSA) is 92.9 Å². The number of aromatic nitrogens is 4. The van der Waals surface area contributed by atoms with Gasteiger partial charge in [-0.2, -0.15) is 4.68 Å². The van der Waals surface area contributed by atoms with Crippen LogP contribution in [0, 0.1) is 5.92 Å². The van der Waals surface area contributed by atoms with Crippen LogP contribution in [-0.2, 0) is 0 Å². The highest BCUT2D eigenvalue weighted by Gasteiger charge is 2.19. The van der Waals surface area contributed by atoms with Crippen molar-refractivity contribution in [2.45, 2.75) is 32.8 Å². The molecule has 1 atom stereocenters. The van der Waals surface area contributed by atoms with Crippen LogP contribution < -0.4 is 5.32 Å². The van der Waals surface area contributed by atoms with Crippen LogP contribution in [0.15, 0.2) is 24.5 Å². The molecule has 0 spiro atoms. The van der Waals surface area contributed by atoms with E-state index in [4.69, 9.17) is 11.6 Å². The van der Waals surface area contributed by atoms with Gasteiger partial charge in [-0.15, -0.1) is 5.10 Å². The van der Waals surface area contributed by atoms with Crippen LogP contribution in [0.5, 0.6) is 0 Å². The summed E-state index contributed by atoms with van der Waals surface area (Å²) in [6, 6.07) is 4.89. The molecule has 1 aromatic heterocycles. The average Bonchev–Trinajstić information content (AvgIpc) is 3.08. The lowest BCUT2D eigenvalue weighted by Crippen LogP contribution is -2.36. The third kappa shape index (κ3) is 4.27. The zero-order valence-corrected chi connectivity index (χ0v) is 13.9. The number of rotatable bonds is 7. The lowest BCUT2D eigenvalue weighted by Gasteiger charge is -2.20. The maximum atomic E-state index is 12.5. The summed E-state index contributed by atoms with van der Waals surface area (Å²) in [6.07, 6.45) is 2.55. The van der Waals surface area contributed by atoms with Crippen molar-refractivity contribution in [1.29, 1.82) is 0 Å². The molecule has 1 heterocycles. The Kier molecular flexibility index (Phi) is 6.06. The van der Waals surface area contributed by atoms with Crippen molar-refractivity contribution in [3.63, 3.8) is 0 Å². The van der Waals surface area contributed by atoms with Crippen molar-refractivity contribution < 1.29 is 9.90 Å². The molecule has 1 unspecified atom stereocenters. The van der Waals surface area contributed by atoms with Crippen molar-refractivity contribution >= 4 is 17.5 Å². The van der Waals surface area contributed by atoms with Crippen molar-refractivity contribution in [1.82, 2.24) is 25.5 Å². The molecule has 0 radical (unpaired) electrons. The SMILES string of the molecule is CCC(CC)C(O)CNC(=O)c1cc(Cl)ccc1-n1cnnn1. The minimum absolute atomic E-state index is 0.161. The van der Waals surface area contributed by atoms with Crippen LogP contribution in [0.1, 0.15) is 37.0 Å². The van der Waals surface area contributed by atoms with Gasteiger partial charge in [0.25, 0.3) is 5.91 Å². The number of hydrogen-bond acceptors (Lipinski definition) is 5. The number of nitrogens with zero attached hydrogens (tertiary/aromatic N) is 4. The van der Waals surface area contributed by atoms with Gasteiger partial charge in [0, 0.05) is 11.6 Å². The Bertz CT molecular complexity index is 643. The predicted octanol–water partition coefficient (Wildman–Crippen LogP) is 1.84.